The van der Waals surface area contributed by atoms with Gasteiger partial charge >= 0.3 is 12.4 Å². The highest BCUT2D eigenvalue weighted by molar-refractivity contribution is 5.98. The first-order chi connectivity index (χ1) is 22.7. The molecule has 3 atom stereocenters. The normalized spacial score (nSPS) is 16.9. The highest BCUT2D eigenvalue weighted by Crippen LogP contribution is 2.36. The van der Waals surface area contributed by atoms with E-state index in [-0.39, 0.29) is 47.9 Å². The molecule has 3 aromatic rings. The molecular formula is C34H41F6N5O3. The smallest absolute Gasteiger partial charge is 0.390 e. The second-order valence-corrected chi connectivity index (χ2v) is 12.0. The molecule has 1 aliphatic heterocycles. The van der Waals surface area contributed by atoms with Gasteiger partial charge in [0.15, 0.2) is 5.69 Å². The molecule has 2 aromatic carbocycles. The standard InChI is InChI=1S/C34H41F6N5O3/c1-3-10-26-13-8-9-14-44(26)32(48)29-19-28(43-45(29)4-2)31(47)42-27(17-22-11-6-5-7-12-22)30(46)21-41-20-23-15-24(33(35,36)37)18-25(16-23)34(38,39)40/h5-7,11-12,15-16,18-19,26-27,30,41,46H,3-4,8-10,13-14,17,20-21H2,1-2H3,(H,42,47)/t26?,27-,30-/m0/s1. The van der Waals surface area contributed by atoms with Crippen LogP contribution in [0.25, 0.3) is 0 Å². The number of rotatable bonds is 13. The Morgan fingerprint density at radius 3 is 2.23 bits per heavy atom. The number of hydrogen-bond donors (Lipinski definition) is 3. The number of aliphatic hydroxyl groups excluding tert-OH is 1. The van der Waals surface area contributed by atoms with E-state index in [9.17, 15) is 41.0 Å². The predicted octanol–water partition coefficient (Wildman–Crippen LogP) is 6.23. The van der Waals surface area contributed by atoms with Crippen LogP contribution in [0.4, 0.5) is 26.3 Å². The minimum Gasteiger partial charge on any atom is -0.390 e. The molecule has 262 valence electrons. The summed E-state index contributed by atoms with van der Waals surface area (Å²) in [6.45, 7) is 4.17. The lowest BCUT2D eigenvalue weighted by atomic mass is 9.98. The van der Waals surface area contributed by atoms with Crippen molar-refractivity contribution in [3.8, 4) is 0 Å². The third-order valence-electron chi connectivity index (χ3n) is 8.45. The topological polar surface area (TPSA) is 99.5 Å². The zero-order valence-corrected chi connectivity index (χ0v) is 26.9. The molecule has 0 spiro atoms. The minimum atomic E-state index is -4.99. The molecule has 14 heteroatoms. The van der Waals surface area contributed by atoms with Gasteiger partial charge in [0.05, 0.1) is 23.3 Å². The summed E-state index contributed by atoms with van der Waals surface area (Å²) in [4.78, 5) is 29.0. The first-order valence-electron chi connectivity index (χ1n) is 16.1. The number of nitrogens with zero attached hydrogens (tertiary/aromatic N) is 3. The number of likely N-dealkylation sites (tertiary alicyclic amines) is 1. The van der Waals surface area contributed by atoms with E-state index in [1.165, 1.54) is 10.7 Å². The van der Waals surface area contributed by atoms with Crippen LogP contribution in [0.15, 0.2) is 54.6 Å². The largest absolute Gasteiger partial charge is 0.416 e. The van der Waals surface area contributed by atoms with Gasteiger partial charge < -0.3 is 20.6 Å². The Labute approximate surface area is 275 Å². The van der Waals surface area contributed by atoms with Crippen molar-refractivity contribution in [1.29, 1.82) is 0 Å². The number of halogens is 6. The van der Waals surface area contributed by atoms with E-state index in [4.69, 9.17) is 0 Å². The highest BCUT2D eigenvalue weighted by atomic mass is 19.4. The van der Waals surface area contributed by atoms with Crippen LogP contribution in [0, 0.1) is 0 Å². The summed E-state index contributed by atoms with van der Waals surface area (Å²) in [5, 5.41) is 21.0. The third-order valence-corrected chi connectivity index (χ3v) is 8.45. The number of alkyl halides is 6. The molecule has 1 aliphatic rings. The lowest BCUT2D eigenvalue weighted by molar-refractivity contribution is -0.143. The van der Waals surface area contributed by atoms with E-state index >= 15 is 0 Å². The molecule has 48 heavy (non-hydrogen) atoms. The lowest BCUT2D eigenvalue weighted by Crippen LogP contribution is -2.48. The number of aliphatic hydroxyl groups is 1. The van der Waals surface area contributed by atoms with E-state index in [2.05, 4.69) is 22.7 Å². The van der Waals surface area contributed by atoms with Crippen LogP contribution < -0.4 is 10.6 Å². The molecule has 0 bridgehead atoms. The van der Waals surface area contributed by atoms with Crippen LogP contribution in [0.1, 0.15) is 89.2 Å². The van der Waals surface area contributed by atoms with Gasteiger partial charge in [0.2, 0.25) is 0 Å². The van der Waals surface area contributed by atoms with Crippen molar-refractivity contribution in [3.63, 3.8) is 0 Å². The van der Waals surface area contributed by atoms with E-state index in [0.717, 1.165) is 37.7 Å². The molecule has 1 saturated heterocycles. The van der Waals surface area contributed by atoms with Crippen LogP contribution in [-0.4, -0.2) is 62.9 Å². The molecule has 1 aromatic heterocycles. The number of hydrogen-bond acceptors (Lipinski definition) is 5. The molecule has 0 aliphatic carbocycles. The fourth-order valence-electron chi connectivity index (χ4n) is 6.01. The summed E-state index contributed by atoms with van der Waals surface area (Å²) in [6, 6.07) is 10.8. The van der Waals surface area contributed by atoms with Gasteiger partial charge in [-0.3, -0.25) is 14.3 Å². The number of carbonyl (C=O) groups is 2. The predicted molar refractivity (Wildman–Crippen MR) is 167 cm³/mol. The number of amides is 2. The van der Waals surface area contributed by atoms with Crippen molar-refractivity contribution in [3.05, 3.63) is 88.2 Å². The second-order valence-electron chi connectivity index (χ2n) is 12.0. The number of piperidine rings is 1. The highest BCUT2D eigenvalue weighted by Gasteiger charge is 2.37. The minimum absolute atomic E-state index is 0.0221. The Kier molecular flexibility index (Phi) is 12.3. The molecule has 2 amide bonds. The molecule has 1 fully saturated rings. The summed E-state index contributed by atoms with van der Waals surface area (Å²) in [6.07, 6.45) is -6.45. The van der Waals surface area contributed by atoms with Crippen molar-refractivity contribution in [2.24, 2.45) is 0 Å². The summed E-state index contributed by atoms with van der Waals surface area (Å²) >= 11 is 0. The SMILES string of the molecule is CCCC1CCCCN1C(=O)c1cc(C(=O)N[C@@H](Cc2ccccc2)[C@@H](O)CNCc2cc(C(F)(F)F)cc(C(F)(F)F)c2)nn1CC. The van der Waals surface area contributed by atoms with Crippen molar-refractivity contribution >= 4 is 11.8 Å². The van der Waals surface area contributed by atoms with Crippen molar-refractivity contribution in [2.75, 3.05) is 13.1 Å². The van der Waals surface area contributed by atoms with Gasteiger partial charge in [0.1, 0.15) is 5.69 Å². The van der Waals surface area contributed by atoms with Gasteiger partial charge in [-0.2, -0.15) is 31.4 Å². The van der Waals surface area contributed by atoms with Crippen LogP contribution in [0.5, 0.6) is 0 Å². The number of aryl methyl sites for hydroxylation is 1. The maximum atomic E-state index is 13.6. The number of nitrogens with one attached hydrogen (secondary N) is 2. The molecule has 0 radical (unpaired) electrons. The first kappa shape index (κ1) is 36.9. The van der Waals surface area contributed by atoms with Gasteiger partial charge in [-0.25, -0.2) is 0 Å². The number of benzene rings is 2. The third kappa shape index (κ3) is 9.59. The average Bonchev–Trinajstić information content (AvgIpc) is 3.49. The lowest BCUT2D eigenvalue weighted by Gasteiger charge is -2.35. The number of carbonyl (C=O) groups excluding carboxylic acids is 2. The first-order valence-corrected chi connectivity index (χ1v) is 16.1. The molecule has 2 heterocycles. The molecule has 0 saturated carbocycles. The summed E-state index contributed by atoms with van der Waals surface area (Å²) in [7, 11) is 0. The Morgan fingerprint density at radius 2 is 1.62 bits per heavy atom. The van der Waals surface area contributed by atoms with Gasteiger partial charge in [-0.05, 0) is 68.4 Å². The summed E-state index contributed by atoms with van der Waals surface area (Å²) in [5.41, 5.74) is -2.12. The van der Waals surface area contributed by atoms with Crippen LogP contribution >= 0.6 is 0 Å². The fourth-order valence-corrected chi connectivity index (χ4v) is 6.01. The molecular weight excluding hydrogens is 640 g/mol. The molecule has 3 N–H and O–H groups in total. The van der Waals surface area contributed by atoms with Crippen molar-refractivity contribution in [2.45, 2.75) is 96.0 Å². The van der Waals surface area contributed by atoms with Crippen LogP contribution in [0.2, 0.25) is 0 Å². The maximum absolute atomic E-state index is 13.6. The van der Waals surface area contributed by atoms with Gasteiger partial charge in [-0.1, -0.05) is 43.7 Å². The van der Waals surface area contributed by atoms with E-state index in [1.54, 1.807) is 37.3 Å². The Hall–Kier alpha value is -3.91. The second kappa shape index (κ2) is 16.0. The molecule has 1 unspecified atom stereocenters. The maximum Gasteiger partial charge on any atom is 0.416 e. The van der Waals surface area contributed by atoms with Gasteiger partial charge in [0, 0.05) is 38.3 Å². The quantitative estimate of drug-likeness (QED) is 0.186. The zero-order chi connectivity index (χ0) is 35.1. The molecule has 8 nitrogen and oxygen atoms in total. The Bertz CT molecular complexity index is 1490. The monoisotopic (exact) mass is 681 g/mol. The van der Waals surface area contributed by atoms with Crippen molar-refractivity contribution in [1.82, 2.24) is 25.3 Å². The fraction of sp³-hybridized carbons (Fsp3) is 0.500. The summed E-state index contributed by atoms with van der Waals surface area (Å²) in [5.74, 6) is -0.845. The number of aromatic nitrogens is 2. The van der Waals surface area contributed by atoms with Crippen LogP contribution in [0.3, 0.4) is 0 Å². The Morgan fingerprint density at radius 1 is 0.958 bits per heavy atom. The van der Waals surface area contributed by atoms with Crippen LogP contribution in [-0.2, 0) is 31.9 Å². The van der Waals surface area contributed by atoms with E-state index < -0.39 is 48.1 Å². The molecule has 4 rings (SSSR count). The summed E-state index contributed by atoms with van der Waals surface area (Å²) < 4.78 is 81.3. The van der Waals surface area contributed by atoms with E-state index in [0.29, 0.717) is 25.2 Å². The van der Waals surface area contributed by atoms with Gasteiger partial charge in [0.25, 0.3) is 11.8 Å². The van der Waals surface area contributed by atoms with Gasteiger partial charge in [-0.15, -0.1) is 0 Å². The van der Waals surface area contributed by atoms with E-state index in [1.807, 2.05) is 4.90 Å². The van der Waals surface area contributed by atoms with Crippen molar-refractivity contribution < 1.29 is 41.0 Å². The zero-order valence-electron chi connectivity index (χ0n) is 26.9. The average molecular weight is 682 g/mol. The Balaban J connectivity index is 1.50.